The van der Waals surface area contributed by atoms with Crippen molar-refractivity contribution in [1.82, 2.24) is 15.1 Å². The van der Waals surface area contributed by atoms with Crippen LogP contribution in [-0.2, 0) is 4.74 Å². The SMILES string of the molecule is C[C@@H]1CN(C[C@H]2CCCN2c2ccc(C#N)nn2)C[C@H](C)O1. The molecule has 0 aromatic carbocycles. The second kappa shape index (κ2) is 6.59. The Morgan fingerprint density at radius 2 is 2.05 bits per heavy atom. The molecule has 0 aliphatic carbocycles. The summed E-state index contributed by atoms with van der Waals surface area (Å²) in [6.07, 6.45) is 2.96. The number of hydrogen-bond donors (Lipinski definition) is 0. The second-order valence-electron chi connectivity index (χ2n) is 6.35. The maximum absolute atomic E-state index is 8.83. The summed E-state index contributed by atoms with van der Waals surface area (Å²) < 4.78 is 5.81. The van der Waals surface area contributed by atoms with E-state index in [4.69, 9.17) is 10.00 Å². The molecule has 3 atom stereocenters. The van der Waals surface area contributed by atoms with Crippen LogP contribution in [-0.4, -0.2) is 59.5 Å². The first-order valence-electron chi connectivity index (χ1n) is 8.04. The van der Waals surface area contributed by atoms with Crippen molar-refractivity contribution in [2.45, 2.75) is 44.9 Å². The monoisotopic (exact) mass is 301 g/mol. The smallest absolute Gasteiger partial charge is 0.163 e. The van der Waals surface area contributed by atoms with Gasteiger partial charge >= 0.3 is 0 Å². The van der Waals surface area contributed by atoms with Crippen LogP contribution in [0.25, 0.3) is 0 Å². The zero-order valence-corrected chi connectivity index (χ0v) is 13.3. The number of rotatable bonds is 3. The summed E-state index contributed by atoms with van der Waals surface area (Å²) in [5.74, 6) is 0.885. The van der Waals surface area contributed by atoms with Gasteiger partial charge in [-0.05, 0) is 38.8 Å². The van der Waals surface area contributed by atoms with Crippen molar-refractivity contribution in [3.05, 3.63) is 17.8 Å². The molecule has 6 heteroatoms. The van der Waals surface area contributed by atoms with E-state index >= 15 is 0 Å². The number of hydrogen-bond acceptors (Lipinski definition) is 6. The summed E-state index contributed by atoms with van der Waals surface area (Å²) in [5, 5.41) is 17.0. The highest BCUT2D eigenvalue weighted by molar-refractivity contribution is 5.41. The number of nitrogens with zero attached hydrogens (tertiary/aromatic N) is 5. The van der Waals surface area contributed by atoms with Crippen LogP contribution in [0.15, 0.2) is 12.1 Å². The maximum Gasteiger partial charge on any atom is 0.163 e. The maximum atomic E-state index is 8.83. The van der Waals surface area contributed by atoms with Gasteiger partial charge in [-0.2, -0.15) is 5.26 Å². The topological polar surface area (TPSA) is 65.3 Å². The van der Waals surface area contributed by atoms with E-state index in [1.54, 1.807) is 6.07 Å². The second-order valence-corrected chi connectivity index (χ2v) is 6.35. The highest BCUT2D eigenvalue weighted by Crippen LogP contribution is 2.25. The quantitative estimate of drug-likeness (QED) is 0.841. The lowest BCUT2D eigenvalue weighted by Crippen LogP contribution is -2.50. The first-order valence-corrected chi connectivity index (χ1v) is 8.04. The van der Waals surface area contributed by atoms with E-state index in [9.17, 15) is 0 Å². The highest BCUT2D eigenvalue weighted by Gasteiger charge is 2.30. The molecular weight excluding hydrogens is 278 g/mol. The van der Waals surface area contributed by atoms with Gasteiger partial charge in [0.25, 0.3) is 0 Å². The molecule has 0 saturated carbocycles. The standard InChI is InChI=1S/C16H23N5O/c1-12-9-20(10-13(2)22-12)11-15-4-3-7-21(15)16-6-5-14(8-17)18-19-16/h5-6,12-13,15H,3-4,7,9-11H2,1-2H3/t12-,13+,15-/m1/s1. The summed E-state index contributed by atoms with van der Waals surface area (Å²) in [6.45, 7) is 8.32. The van der Waals surface area contributed by atoms with Crippen LogP contribution < -0.4 is 4.90 Å². The van der Waals surface area contributed by atoms with Crippen LogP contribution in [0.2, 0.25) is 0 Å². The molecule has 2 saturated heterocycles. The molecule has 2 aliphatic heterocycles. The molecule has 0 spiro atoms. The summed E-state index contributed by atoms with van der Waals surface area (Å²) >= 11 is 0. The van der Waals surface area contributed by atoms with E-state index in [2.05, 4.69) is 33.8 Å². The number of nitriles is 1. The van der Waals surface area contributed by atoms with Crippen LogP contribution in [0, 0.1) is 11.3 Å². The average Bonchev–Trinajstić information content (AvgIpc) is 2.94. The largest absolute Gasteiger partial charge is 0.373 e. The summed E-state index contributed by atoms with van der Waals surface area (Å²) in [4.78, 5) is 4.83. The van der Waals surface area contributed by atoms with Crippen molar-refractivity contribution < 1.29 is 4.74 Å². The lowest BCUT2D eigenvalue weighted by atomic mass is 10.1. The molecule has 3 rings (SSSR count). The van der Waals surface area contributed by atoms with Gasteiger partial charge in [-0.3, -0.25) is 4.90 Å². The molecule has 2 fully saturated rings. The molecule has 22 heavy (non-hydrogen) atoms. The van der Waals surface area contributed by atoms with Crippen molar-refractivity contribution in [2.75, 3.05) is 31.1 Å². The minimum atomic E-state index is 0.299. The van der Waals surface area contributed by atoms with Crippen LogP contribution in [0.4, 0.5) is 5.82 Å². The summed E-state index contributed by atoms with van der Waals surface area (Å²) in [6, 6.07) is 6.15. The Balaban J connectivity index is 1.66. The molecule has 118 valence electrons. The zero-order chi connectivity index (χ0) is 15.5. The van der Waals surface area contributed by atoms with E-state index in [1.165, 1.54) is 12.8 Å². The number of ether oxygens (including phenoxy) is 1. The molecule has 0 amide bonds. The average molecular weight is 301 g/mol. The first kappa shape index (κ1) is 15.2. The Morgan fingerprint density at radius 1 is 1.27 bits per heavy atom. The molecule has 3 heterocycles. The van der Waals surface area contributed by atoms with Crippen molar-refractivity contribution in [3.63, 3.8) is 0 Å². The van der Waals surface area contributed by atoms with Crippen molar-refractivity contribution in [1.29, 1.82) is 5.26 Å². The predicted molar refractivity (Wildman–Crippen MR) is 83.6 cm³/mol. The van der Waals surface area contributed by atoms with Crippen molar-refractivity contribution in [2.24, 2.45) is 0 Å². The molecular formula is C16H23N5O. The highest BCUT2D eigenvalue weighted by atomic mass is 16.5. The Kier molecular flexibility index (Phi) is 4.55. The van der Waals surface area contributed by atoms with Gasteiger partial charge in [0.15, 0.2) is 11.5 Å². The first-order chi connectivity index (χ1) is 10.7. The van der Waals surface area contributed by atoms with Crippen molar-refractivity contribution in [3.8, 4) is 6.07 Å². The molecule has 0 radical (unpaired) electrons. The Morgan fingerprint density at radius 3 is 2.68 bits per heavy atom. The summed E-state index contributed by atoms with van der Waals surface area (Å²) in [7, 11) is 0. The van der Waals surface area contributed by atoms with Gasteiger partial charge < -0.3 is 9.64 Å². The third-order valence-corrected chi connectivity index (χ3v) is 4.40. The van der Waals surface area contributed by atoms with Crippen molar-refractivity contribution >= 4 is 5.82 Å². The van der Waals surface area contributed by atoms with E-state index in [1.807, 2.05) is 12.1 Å². The van der Waals surface area contributed by atoms with E-state index in [0.717, 1.165) is 32.0 Å². The van der Waals surface area contributed by atoms with Gasteiger partial charge in [0.05, 0.1) is 12.2 Å². The van der Waals surface area contributed by atoms with Gasteiger partial charge in [-0.15, -0.1) is 10.2 Å². The molecule has 0 N–H and O–H groups in total. The fraction of sp³-hybridized carbons (Fsp3) is 0.688. The van der Waals surface area contributed by atoms with Gasteiger partial charge in [-0.1, -0.05) is 0 Å². The molecule has 1 aromatic rings. The fourth-order valence-corrected chi connectivity index (χ4v) is 3.60. The molecule has 0 unspecified atom stereocenters. The third kappa shape index (κ3) is 3.37. The van der Waals surface area contributed by atoms with Gasteiger partial charge in [0.2, 0.25) is 0 Å². The zero-order valence-electron chi connectivity index (χ0n) is 13.3. The number of morpholine rings is 1. The third-order valence-electron chi connectivity index (χ3n) is 4.40. The Labute approximate surface area is 131 Å². The molecule has 1 aromatic heterocycles. The number of aromatic nitrogens is 2. The van der Waals surface area contributed by atoms with E-state index in [0.29, 0.717) is 23.9 Å². The minimum absolute atomic E-state index is 0.299. The van der Waals surface area contributed by atoms with Crippen LogP contribution in [0.3, 0.4) is 0 Å². The molecule has 2 aliphatic rings. The molecule has 6 nitrogen and oxygen atoms in total. The van der Waals surface area contributed by atoms with Gasteiger partial charge in [0, 0.05) is 32.2 Å². The Bertz CT molecular complexity index is 530. The Hall–Kier alpha value is -1.71. The number of anilines is 1. The van der Waals surface area contributed by atoms with Crippen LogP contribution >= 0.6 is 0 Å². The predicted octanol–water partition coefficient (Wildman–Crippen LogP) is 1.43. The molecule has 0 bridgehead atoms. The van der Waals surface area contributed by atoms with Crippen LogP contribution in [0.5, 0.6) is 0 Å². The minimum Gasteiger partial charge on any atom is -0.373 e. The summed E-state index contributed by atoms with van der Waals surface area (Å²) in [5.41, 5.74) is 0.371. The fourth-order valence-electron chi connectivity index (χ4n) is 3.60. The lowest BCUT2D eigenvalue weighted by Gasteiger charge is -2.38. The van der Waals surface area contributed by atoms with Crippen LogP contribution in [0.1, 0.15) is 32.4 Å². The normalized spacial score (nSPS) is 29.5. The lowest BCUT2D eigenvalue weighted by molar-refractivity contribution is -0.0689. The van der Waals surface area contributed by atoms with Gasteiger partial charge in [0.1, 0.15) is 6.07 Å². The van der Waals surface area contributed by atoms with Gasteiger partial charge in [-0.25, -0.2) is 0 Å². The van der Waals surface area contributed by atoms with E-state index in [-0.39, 0.29) is 0 Å². The van der Waals surface area contributed by atoms with E-state index < -0.39 is 0 Å².